The van der Waals surface area contributed by atoms with Crippen LogP contribution in [-0.2, 0) is 0 Å². The Labute approximate surface area is 120 Å². The van der Waals surface area contributed by atoms with Gasteiger partial charge in [0, 0.05) is 37.8 Å². The van der Waals surface area contributed by atoms with Gasteiger partial charge < -0.3 is 10.4 Å². The summed E-state index contributed by atoms with van der Waals surface area (Å²) in [4.78, 5) is 2.29. The molecule has 1 aromatic carbocycles. The van der Waals surface area contributed by atoms with Crippen molar-refractivity contribution in [3.05, 3.63) is 41.2 Å². The van der Waals surface area contributed by atoms with E-state index in [1.807, 2.05) is 19.9 Å². The molecule has 1 aliphatic heterocycles. The van der Waals surface area contributed by atoms with E-state index in [1.165, 1.54) is 6.07 Å². The first-order chi connectivity index (χ1) is 9.49. The molecule has 1 atom stereocenters. The van der Waals surface area contributed by atoms with Gasteiger partial charge in [-0.2, -0.15) is 0 Å². The molecule has 1 aromatic rings. The third kappa shape index (κ3) is 3.38. The van der Waals surface area contributed by atoms with E-state index in [2.05, 4.69) is 16.8 Å². The van der Waals surface area contributed by atoms with Crippen LogP contribution in [0.3, 0.4) is 0 Å². The normalized spacial score (nSPS) is 17.9. The smallest absolute Gasteiger partial charge is 0.165 e. The van der Waals surface area contributed by atoms with Gasteiger partial charge in [-0.1, -0.05) is 11.6 Å². The van der Waals surface area contributed by atoms with Crippen molar-refractivity contribution >= 4 is 0 Å². The Bertz CT molecular complexity index is 495. The summed E-state index contributed by atoms with van der Waals surface area (Å²) in [5, 5.41) is 13.4. The number of rotatable bonds is 4. The fourth-order valence-electron chi connectivity index (χ4n) is 2.78. The molecule has 0 aromatic heterocycles. The van der Waals surface area contributed by atoms with Crippen molar-refractivity contribution in [1.82, 2.24) is 10.2 Å². The predicted molar refractivity (Wildman–Crippen MR) is 79.4 cm³/mol. The van der Waals surface area contributed by atoms with Crippen LogP contribution in [0.25, 0.3) is 0 Å². The second-order valence-corrected chi connectivity index (χ2v) is 5.65. The Morgan fingerprint density at radius 3 is 2.70 bits per heavy atom. The van der Waals surface area contributed by atoms with Crippen molar-refractivity contribution in [2.45, 2.75) is 26.3 Å². The van der Waals surface area contributed by atoms with Gasteiger partial charge in [0.15, 0.2) is 11.6 Å². The van der Waals surface area contributed by atoms with E-state index in [0.29, 0.717) is 5.56 Å². The second-order valence-electron chi connectivity index (χ2n) is 5.65. The van der Waals surface area contributed by atoms with E-state index < -0.39 is 5.82 Å². The Morgan fingerprint density at radius 2 is 2.10 bits per heavy atom. The topological polar surface area (TPSA) is 35.5 Å². The van der Waals surface area contributed by atoms with Crippen molar-refractivity contribution in [2.24, 2.45) is 0 Å². The van der Waals surface area contributed by atoms with Gasteiger partial charge in [0.2, 0.25) is 0 Å². The summed E-state index contributed by atoms with van der Waals surface area (Å²) in [6.45, 7) is 11.4. The van der Waals surface area contributed by atoms with E-state index in [9.17, 15) is 9.50 Å². The number of hydrogen-bond donors (Lipinski definition) is 2. The van der Waals surface area contributed by atoms with Gasteiger partial charge in [-0.05, 0) is 31.9 Å². The van der Waals surface area contributed by atoms with Crippen LogP contribution in [0, 0.1) is 12.7 Å². The molecular weight excluding hydrogens is 255 g/mol. The van der Waals surface area contributed by atoms with E-state index in [0.717, 1.165) is 43.7 Å². The molecule has 20 heavy (non-hydrogen) atoms. The van der Waals surface area contributed by atoms with Crippen LogP contribution >= 0.6 is 0 Å². The fraction of sp³-hybridized carbons (Fsp3) is 0.500. The highest BCUT2D eigenvalue weighted by atomic mass is 19.1. The van der Waals surface area contributed by atoms with E-state index in [1.54, 1.807) is 0 Å². The van der Waals surface area contributed by atoms with Crippen molar-refractivity contribution in [3.63, 3.8) is 0 Å². The molecule has 0 spiro atoms. The number of hydrogen-bond acceptors (Lipinski definition) is 3. The molecular formula is C16H23FN2O. The molecule has 2 rings (SSSR count). The van der Waals surface area contributed by atoms with Crippen molar-refractivity contribution < 1.29 is 9.50 Å². The summed E-state index contributed by atoms with van der Waals surface area (Å²) in [6, 6.07) is 3.24. The first-order valence-corrected chi connectivity index (χ1v) is 7.07. The predicted octanol–water partition coefficient (Wildman–Crippen LogP) is 2.75. The van der Waals surface area contributed by atoms with Gasteiger partial charge in [0.05, 0.1) is 0 Å². The van der Waals surface area contributed by atoms with Gasteiger partial charge in [-0.25, -0.2) is 4.39 Å². The molecule has 1 saturated heterocycles. The molecule has 1 aliphatic rings. The lowest BCUT2D eigenvalue weighted by atomic mass is 9.95. The summed E-state index contributed by atoms with van der Waals surface area (Å²) in [5.41, 5.74) is 2.54. The summed E-state index contributed by atoms with van der Waals surface area (Å²) >= 11 is 0. The zero-order valence-electron chi connectivity index (χ0n) is 12.2. The largest absolute Gasteiger partial charge is 0.505 e. The molecule has 0 radical (unpaired) electrons. The van der Waals surface area contributed by atoms with Gasteiger partial charge in [0.25, 0.3) is 0 Å². The van der Waals surface area contributed by atoms with Crippen LogP contribution in [0.5, 0.6) is 5.75 Å². The lowest BCUT2D eigenvalue weighted by Gasteiger charge is -2.36. The van der Waals surface area contributed by atoms with E-state index in [4.69, 9.17) is 0 Å². The maximum absolute atomic E-state index is 13.8. The van der Waals surface area contributed by atoms with E-state index in [-0.39, 0.29) is 11.8 Å². The lowest BCUT2D eigenvalue weighted by Crippen LogP contribution is -2.45. The maximum Gasteiger partial charge on any atom is 0.165 e. The monoisotopic (exact) mass is 278 g/mol. The molecule has 0 aliphatic carbocycles. The highest BCUT2D eigenvalue weighted by Gasteiger charge is 2.26. The Hall–Kier alpha value is -1.39. The van der Waals surface area contributed by atoms with Crippen LogP contribution in [0.1, 0.15) is 30.5 Å². The number of nitrogens with one attached hydrogen (secondary N) is 1. The van der Waals surface area contributed by atoms with Crippen molar-refractivity contribution in [3.8, 4) is 5.75 Å². The van der Waals surface area contributed by atoms with Crippen LogP contribution < -0.4 is 5.32 Å². The summed E-state index contributed by atoms with van der Waals surface area (Å²) in [5.74, 6) is -0.762. The van der Waals surface area contributed by atoms with Gasteiger partial charge >= 0.3 is 0 Å². The SMILES string of the molecule is C=C(C)C[C@H](c1cc(C)cc(F)c1O)N1CCNCC1. The number of aryl methyl sites for hydroxylation is 1. The minimum Gasteiger partial charge on any atom is -0.505 e. The Balaban J connectivity index is 2.37. The number of piperazine rings is 1. The van der Waals surface area contributed by atoms with Crippen LogP contribution in [0.2, 0.25) is 0 Å². The van der Waals surface area contributed by atoms with Crippen LogP contribution in [0.4, 0.5) is 4.39 Å². The Kier molecular flexibility index (Phi) is 4.78. The molecule has 4 heteroatoms. The minimum atomic E-state index is -0.540. The van der Waals surface area contributed by atoms with Crippen molar-refractivity contribution in [2.75, 3.05) is 26.2 Å². The van der Waals surface area contributed by atoms with E-state index >= 15 is 0 Å². The molecule has 1 heterocycles. The molecule has 3 nitrogen and oxygen atoms in total. The molecule has 0 bridgehead atoms. The highest BCUT2D eigenvalue weighted by molar-refractivity contribution is 5.40. The second kappa shape index (κ2) is 6.37. The summed E-state index contributed by atoms with van der Waals surface area (Å²) < 4.78 is 13.8. The average molecular weight is 278 g/mol. The van der Waals surface area contributed by atoms with Gasteiger partial charge in [-0.15, -0.1) is 6.58 Å². The zero-order chi connectivity index (χ0) is 14.7. The van der Waals surface area contributed by atoms with Gasteiger partial charge in [0.1, 0.15) is 0 Å². The molecule has 0 saturated carbocycles. The Morgan fingerprint density at radius 1 is 1.45 bits per heavy atom. The number of benzene rings is 1. The molecule has 0 amide bonds. The average Bonchev–Trinajstić information content (AvgIpc) is 2.41. The first kappa shape index (κ1) is 15.0. The van der Waals surface area contributed by atoms with Crippen LogP contribution in [-0.4, -0.2) is 36.2 Å². The standard InChI is InChI=1S/C16H23FN2O/c1-11(2)8-15(19-6-4-18-5-7-19)13-9-12(3)10-14(17)16(13)20/h9-10,15,18,20H,1,4-8H2,2-3H3/t15-/m1/s1. The first-order valence-electron chi connectivity index (χ1n) is 7.07. The minimum absolute atomic E-state index is 0.0102. The quantitative estimate of drug-likeness (QED) is 0.831. The third-order valence-corrected chi connectivity index (χ3v) is 3.73. The lowest BCUT2D eigenvalue weighted by molar-refractivity contribution is 0.169. The molecule has 1 fully saturated rings. The molecule has 0 unspecified atom stereocenters. The number of phenols is 1. The van der Waals surface area contributed by atoms with Crippen LogP contribution in [0.15, 0.2) is 24.3 Å². The molecule has 2 N–H and O–H groups in total. The third-order valence-electron chi connectivity index (χ3n) is 3.73. The highest BCUT2D eigenvalue weighted by Crippen LogP contribution is 2.35. The zero-order valence-corrected chi connectivity index (χ0v) is 12.2. The summed E-state index contributed by atoms with van der Waals surface area (Å²) in [6.07, 6.45) is 0.733. The molecule has 110 valence electrons. The number of halogens is 1. The van der Waals surface area contributed by atoms with Gasteiger partial charge in [-0.3, -0.25) is 4.90 Å². The number of phenolic OH excluding ortho intramolecular Hbond substituents is 1. The number of nitrogens with zero attached hydrogens (tertiary/aromatic N) is 1. The van der Waals surface area contributed by atoms with Crippen molar-refractivity contribution in [1.29, 1.82) is 0 Å². The number of aromatic hydroxyl groups is 1. The maximum atomic E-state index is 13.8. The fourth-order valence-corrected chi connectivity index (χ4v) is 2.78. The summed E-state index contributed by atoms with van der Waals surface area (Å²) in [7, 11) is 0.